The first-order chi connectivity index (χ1) is 14.8. The quantitative estimate of drug-likeness (QED) is 0.201. The van der Waals surface area contributed by atoms with Gasteiger partial charge in [-0.2, -0.15) is 0 Å². The van der Waals surface area contributed by atoms with Gasteiger partial charge >= 0.3 is 0 Å². The number of ether oxygens (including phenoxy) is 1. The molecule has 180 valence electrons. The summed E-state index contributed by atoms with van der Waals surface area (Å²) in [6.07, 6.45) is 12.6. The van der Waals surface area contributed by atoms with Crippen LogP contribution in [0.25, 0.3) is 0 Å². The monoisotopic (exact) mass is 549 g/mol. The average molecular weight is 550 g/mol. The lowest BCUT2D eigenvalue weighted by Gasteiger charge is -2.36. The van der Waals surface area contributed by atoms with Crippen LogP contribution in [0.2, 0.25) is 0 Å². The molecule has 1 heterocycles. The first-order valence-electron chi connectivity index (χ1n) is 12.3. The van der Waals surface area contributed by atoms with Gasteiger partial charge in [0.2, 0.25) is 5.91 Å². The molecule has 0 aromatic carbocycles. The highest BCUT2D eigenvalue weighted by Gasteiger charge is 2.29. The molecule has 0 spiro atoms. The van der Waals surface area contributed by atoms with E-state index in [0.717, 1.165) is 77.6 Å². The third-order valence-electron chi connectivity index (χ3n) is 6.85. The number of hydrogen-bond donors (Lipinski definition) is 2. The first kappa shape index (κ1) is 26.6. The number of carbonyl (C=O) groups is 1. The molecule has 0 atom stereocenters. The summed E-state index contributed by atoms with van der Waals surface area (Å²) in [5.41, 5.74) is 0. The molecule has 3 rings (SSSR count). The lowest BCUT2D eigenvalue weighted by atomic mass is 9.98. The summed E-state index contributed by atoms with van der Waals surface area (Å²) in [6, 6.07) is 0. The van der Waals surface area contributed by atoms with E-state index in [1.165, 1.54) is 44.9 Å². The van der Waals surface area contributed by atoms with E-state index in [9.17, 15) is 4.79 Å². The van der Waals surface area contributed by atoms with Crippen molar-refractivity contribution in [2.45, 2.75) is 70.3 Å². The maximum absolute atomic E-state index is 12.5. The molecule has 3 fully saturated rings. The Morgan fingerprint density at radius 2 is 1.58 bits per heavy atom. The van der Waals surface area contributed by atoms with Crippen LogP contribution >= 0.6 is 24.0 Å². The zero-order chi connectivity index (χ0) is 21.0. The molecule has 1 saturated heterocycles. The molecule has 7 nitrogen and oxygen atoms in total. The van der Waals surface area contributed by atoms with Crippen LogP contribution < -0.4 is 10.6 Å². The fourth-order valence-corrected chi connectivity index (χ4v) is 4.94. The molecule has 3 aliphatic rings. The molecule has 2 aliphatic carbocycles. The Labute approximate surface area is 206 Å². The molecule has 1 amide bonds. The molecular formula is C23H44IN5O2. The van der Waals surface area contributed by atoms with E-state index in [-0.39, 0.29) is 24.0 Å². The van der Waals surface area contributed by atoms with Crippen LogP contribution in [-0.2, 0) is 9.53 Å². The predicted molar refractivity (Wildman–Crippen MR) is 137 cm³/mol. The lowest BCUT2D eigenvalue weighted by molar-refractivity contribution is -0.137. The van der Waals surface area contributed by atoms with Crippen molar-refractivity contribution < 1.29 is 9.53 Å². The van der Waals surface area contributed by atoms with Crippen LogP contribution in [0.1, 0.15) is 64.2 Å². The number of piperazine rings is 1. The lowest BCUT2D eigenvalue weighted by Crippen LogP contribution is -2.51. The maximum atomic E-state index is 12.5. The van der Waals surface area contributed by atoms with Crippen molar-refractivity contribution >= 4 is 35.8 Å². The standard InChI is InChI=1S/C23H43N5O2.HI/c1-24-23(25-12-7-19-30-21-10-3-2-4-11-21)26-13-14-27-15-17-28(18-16-27)22(29)20-8-5-6-9-20;/h20-21H,2-19H2,1H3,(H2,24,25,26);1H. The number of amides is 1. The van der Waals surface area contributed by atoms with Gasteiger partial charge in [-0.05, 0) is 32.1 Å². The second kappa shape index (κ2) is 15.3. The van der Waals surface area contributed by atoms with Gasteiger partial charge < -0.3 is 20.3 Å². The molecule has 8 heteroatoms. The minimum Gasteiger partial charge on any atom is -0.378 e. The Morgan fingerprint density at radius 3 is 2.26 bits per heavy atom. The van der Waals surface area contributed by atoms with Gasteiger partial charge in [-0.25, -0.2) is 0 Å². The molecule has 0 aromatic rings. The number of aliphatic imine (C=N–C) groups is 1. The smallest absolute Gasteiger partial charge is 0.225 e. The van der Waals surface area contributed by atoms with Crippen molar-refractivity contribution in [1.82, 2.24) is 20.4 Å². The molecule has 1 aliphatic heterocycles. The second-order valence-electron chi connectivity index (χ2n) is 9.06. The second-order valence-corrected chi connectivity index (χ2v) is 9.06. The molecule has 0 unspecified atom stereocenters. The SMILES string of the molecule is CN=C(NCCCOC1CCCCC1)NCCN1CCN(C(=O)C2CCCC2)CC1.I. The van der Waals surface area contributed by atoms with Gasteiger partial charge in [-0.1, -0.05) is 32.1 Å². The van der Waals surface area contributed by atoms with E-state index in [0.29, 0.717) is 17.9 Å². The molecule has 0 aromatic heterocycles. The Balaban J connectivity index is 0.00000341. The number of nitrogens with one attached hydrogen (secondary N) is 2. The predicted octanol–water partition coefficient (Wildman–Crippen LogP) is 2.84. The Kier molecular flexibility index (Phi) is 13.1. The molecular weight excluding hydrogens is 505 g/mol. The minimum absolute atomic E-state index is 0. The summed E-state index contributed by atoms with van der Waals surface area (Å²) in [6.45, 7) is 7.28. The highest BCUT2D eigenvalue weighted by Crippen LogP contribution is 2.26. The minimum atomic E-state index is 0. The van der Waals surface area contributed by atoms with Gasteiger partial charge in [0.25, 0.3) is 0 Å². The van der Waals surface area contributed by atoms with E-state index >= 15 is 0 Å². The van der Waals surface area contributed by atoms with Crippen LogP contribution in [-0.4, -0.2) is 87.2 Å². The van der Waals surface area contributed by atoms with Crippen molar-refractivity contribution in [3.05, 3.63) is 0 Å². The van der Waals surface area contributed by atoms with Crippen LogP contribution in [0, 0.1) is 5.92 Å². The van der Waals surface area contributed by atoms with Crippen molar-refractivity contribution in [1.29, 1.82) is 0 Å². The first-order valence-corrected chi connectivity index (χ1v) is 12.3. The highest BCUT2D eigenvalue weighted by molar-refractivity contribution is 14.0. The molecule has 0 bridgehead atoms. The topological polar surface area (TPSA) is 69.2 Å². The largest absolute Gasteiger partial charge is 0.378 e. The summed E-state index contributed by atoms with van der Waals surface area (Å²) in [4.78, 5) is 21.4. The van der Waals surface area contributed by atoms with E-state index in [1.807, 2.05) is 7.05 Å². The maximum Gasteiger partial charge on any atom is 0.225 e. The molecule has 0 radical (unpaired) electrons. The fourth-order valence-electron chi connectivity index (χ4n) is 4.94. The van der Waals surface area contributed by atoms with E-state index in [1.54, 1.807) is 0 Å². The molecule has 2 saturated carbocycles. The Bertz CT molecular complexity index is 528. The number of rotatable bonds is 9. The van der Waals surface area contributed by atoms with Gasteiger partial charge in [0.15, 0.2) is 5.96 Å². The number of guanidine groups is 1. The van der Waals surface area contributed by atoms with Gasteiger partial charge in [-0.15, -0.1) is 24.0 Å². The third kappa shape index (κ3) is 9.42. The summed E-state index contributed by atoms with van der Waals surface area (Å²) in [7, 11) is 1.82. The summed E-state index contributed by atoms with van der Waals surface area (Å²) in [5, 5.41) is 6.80. The number of nitrogens with zero attached hydrogens (tertiary/aromatic N) is 3. The Morgan fingerprint density at radius 1 is 0.935 bits per heavy atom. The van der Waals surface area contributed by atoms with Crippen LogP contribution in [0.3, 0.4) is 0 Å². The van der Waals surface area contributed by atoms with Crippen molar-refractivity contribution in [3.63, 3.8) is 0 Å². The van der Waals surface area contributed by atoms with Crippen molar-refractivity contribution in [2.24, 2.45) is 10.9 Å². The van der Waals surface area contributed by atoms with E-state index in [4.69, 9.17) is 4.74 Å². The van der Waals surface area contributed by atoms with E-state index < -0.39 is 0 Å². The Hall–Kier alpha value is -0.610. The summed E-state index contributed by atoms with van der Waals surface area (Å²) < 4.78 is 5.98. The van der Waals surface area contributed by atoms with Gasteiger partial charge in [0.05, 0.1) is 6.10 Å². The van der Waals surface area contributed by atoms with Crippen molar-refractivity contribution in [2.75, 3.05) is 59.5 Å². The van der Waals surface area contributed by atoms with Crippen LogP contribution in [0.15, 0.2) is 4.99 Å². The van der Waals surface area contributed by atoms with Gasteiger partial charge in [0, 0.05) is 65.4 Å². The number of hydrogen-bond acceptors (Lipinski definition) is 4. The van der Waals surface area contributed by atoms with Crippen molar-refractivity contribution in [3.8, 4) is 0 Å². The zero-order valence-electron chi connectivity index (χ0n) is 19.4. The highest BCUT2D eigenvalue weighted by atomic mass is 127. The van der Waals surface area contributed by atoms with Crippen LogP contribution in [0.4, 0.5) is 0 Å². The number of carbonyl (C=O) groups excluding carboxylic acids is 1. The summed E-state index contributed by atoms with van der Waals surface area (Å²) >= 11 is 0. The molecule has 2 N–H and O–H groups in total. The number of halogens is 1. The summed E-state index contributed by atoms with van der Waals surface area (Å²) in [5.74, 6) is 1.57. The van der Waals surface area contributed by atoms with Gasteiger partial charge in [-0.3, -0.25) is 14.7 Å². The normalized spacial score (nSPS) is 21.7. The average Bonchev–Trinajstić information content (AvgIpc) is 3.33. The third-order valence-corrected chi connectivity index (χ3v) is 6.85. The van der Waals surface area contributed by atoms with Crippen LogP contribution in [0.5, 0.6) is 0 Å². The fraction of sp³-hybridized carbons (Fsp3) is 0.913. The van der Waals surface area contributed by atoms with Gasteiger partial charge in [0.1, 0.15) is 0 Å². The zero-order valence-corrected chi connectivity index (χ0v) is 21.8. The van der Waals surface area contributed by atoms with E-state index in [2.05, 4.69) is 25.4 Å². The molecule has 31 heavy (non-hydrogen) atoms.